The fourth-order valence-electron chi connectivity index (χ4n) is 3.23. The number of hydrogen-bond donors (Lipinski definition) is 1. The highest BCUT2D eigenvalue weighted by atomic mass is 35.5. The molecule has 2 aromatic rings. The summed E-state index contributed by atoms with van der Waals surface area (Å²) in [7, 11) is 3.11. The minimum atomic E-state index is -0.122. The second-order valence-corrected chi connectivity index (χ2v) is 7.07. The average Bonchev–Trinajstić information content (AvgIpc) is 2.74. The number of benzene rings is 2. The maximum Gasteiger partial charge on any atom is 0.255 e. The highest BCUT2D eigenvalue weighted by molar-refractivity contribution is 6.33. The van der Waals surface area contributed by atoms with Crippen molar-refractivity contribution in [2.24, 2.45) is 0 Å². The van der Waals surface area contributed by atoms with Crippen molar-refractivity contribution in [2.75, 3.05) is 52.3 Å². The molecule has 1 N–H and O–H groups in total. The van der Waals surface area contributed by atoms with Gasteiger partial charge in [-0.15, -0.1) is 0 Å². The summed E-state index contributed by atoms with van der Waals surface area (Å²) in [5.41, 5.74) is 1.15. The second-order valence-electron chi connectivity index (χ2n) is 6.67. The molecule has 0 spiro atoms. The molecule has 0 aliphatic carbocycles. The van der Waals surface area contributed by atoms with Crippen molar-refractivity contribution in [2.45, 2.75) is 0 Å². The van der Waals surface area contributed by atoms with Gasteiger partial charge in [0.1, 0.15) is 0 Å². The smallest absolute Gasteiger partial charge is 0.255 e. The van der Waals surface area contributed by atoms with E-state index in [9.17, 15) is 9.59 Å². The highest BCUT2D eigenvalue weighted by Gasteiger charge is 2.24. The lowest BCUT2D eigenvalue weighted by Gasteiger charge is -2.34. The van der Waals surface area contributed by atoms with E-state index in [1.165, 1.54) is 0 Å². The van der Waals surface area contributed by atoms with Crippen LogP contribution in [0.1, 0.15) is 10.4 Å². The summed E-state index contributed by atoms with van der Waals surface area (Å²) in [5.74, 6) is 0.954. The number of ether oxygens (including phenoxy) is 2. The molecule has 3 rings (SSSR count). The zero-order valence-electron chi connectivity index (χ0n) is 16.5. The van der Waals surface area contributed by atoms with Crippen LogP contribution in [0.25, 0.3) is 0 Å². The van der Waals surface area contributed by atoms with Crippen LogP contribution in [0.3, 0.4) is 0 Å². The minimum Gasteiger partial charge on any atom is -0.493 e. The Morgan fingerprint density at radius 1 is 1.00 bits per heavy atom. The monoisotopic (exact) mass is 417 g/mol. The van der Waals surface area contributed by atoms with E-state index in [1.54, 1.807) is 61.6 Å². The van der Waals surface area contributed by atoms with Gasteiger partial charge in [-0.1, -0.05) is 23.7 Å². The normalized spacial score (nSPS) is 14.4. The molecule has 0 saturated carbocycles. The molecule has 1 fully saturated rings. The van der Waals surface area contributed by atoms with Gasteiger partial charge in [-0.05, 0) is 24.3 Å². The molecule has 1 aliphatic rings. The number of nitrogens with zero attached hydrogens (tertiary/aromatic N) is 2. The van der Waals surface area contributed by atoms with Gasteiger partial charge in [-0.25, -0.2) is 0 Å². The molecule has 8 heteroatoms. The van der Waals surface area contributed by atoms with Gasteiger partial charge in [0.05, 0.1) is 31.4 Å². The molecular formula is C21H24ClN3O4. The summed E-state index contributed by atoms with van der Waals surface area (Å²) in [6, 6.07) is 12.3. The van der Waals surface area contributed by atoms with Crippen molar-refractivity contribution >= 4 is 29.1 Å². The topological polar surface area (TPSA) is 71.1 Å². The molecule has 1 heterocycles. The molecule has 0 bridgehead atoms. The number of carbonyl (C=O) groups is 2. The van der Waals surface area contributed by atoms with Gasteiger partial charge in [-0.2, -0.15) is 0 Å². The lowest BCUT2D eigenvalue weighted by molar-refractivity contribution is -0.117. The third-order valence-corrected chi connectivity index (χ3v) is 5.13. The first-order chi connectivity index (χ1) is 14.0. The molecule has 154 valence electrons. The third-order valence-electron chi connectivity index (χ3n) is 4.80. The van der Waals surface area contributed by atoms with Gasteiger partial charge in [0, 0.05) is 37.9 Å². The van der Waals surface area contributed by atoms with Crippen molar-refractivity contribution in [3.8, 4) is 11.5 Å². The first kappa shape index (κ1) is 21.0. The molecule has 1 saturated heterocycles. The fraction of sp³-hybridized carbons (Fsp3) is 0.333. The minimum absolute atomic E-state index is 0.0787. The lowest BCUT2D eigenvalue weighted by atomic mass is 10.2. The number of carbonyl (C=O) groups excluding carboxylic acids is 2. The Morgan fingerprint density at radius 3 is 2.34 bits per heavy atom. The molecule has 0 atom stereocenters. The van der Waals surface area contributed by atoms with Crippen LogP contribution in [0, 0.1) is 0 Å². The zero-order chi connectivity index (χ0) is 20.8. The maximum atomic E-state index is 12.6. The molecule has 7 nitrogen and oxygen atoms in total. The summed E-state index contributed by atoms with van der Waals surface area (Å²) < 4.78 is 10.5. The maximum absolute atomic E-state index is 12.6. The number of amides is 2. The largest absolute Gasteiger partial charge is 0.493 e. The molecule has 1 aliphatic heterocycles. The van der Waals surface area contributed by atoms with Crippen molar-refractivity contribution in [1.82, 2.24) is 9.80 Å². The van der Waals surface area contributed by atoms with Crippen molar-refractivity contribution in [3.63, 3.8) is 0 Å². The van der Waals surface area contributed by atoms with Gasteiger partial charge < -0.3 is 19.7 Å². The number of piperazine rings is 1. The standard InChI is InChI=1S/C21H24ClN3O4/c1-28-18-8-7-15(13-19(18)29-2)23-20(26)14-24-9-11-25(12-10-24)21(27)16-5-3-4-6-17(16)22/h3-8,13H,9-12,14H2,1-2H3,(H,23,26). The van der Waals surface area contributed by atoms with Crippen LogP contribution in [0.4, 0.5) is 5.69 Å². The Hall–Kier alpha value is -2.77. The van der Waals surface area contributed by atoms with Crippen LogP contribution in [0.2, 0.25) is 5.02 Å². The number of hydrogen-bond acceptors (Lipinski definition) is 5. The highest BCUT2D eigenvalue weighted by Crippen LogP contribution is 2.29. The van der Waals surface area contributed by atoms with E-state index in [4.69, 9.17) is 21.1 Å². The molecule has 0 aromatic heterocycles. The van der Waals surface area contributed by atoms with Crippen LogP contribution in [0.5, 0.6) is 11.5 Å². The number of rotatable bonds is 6. The molecule has 0 unspecified atom stereocenters. The first-order valence-corrected chi connectivity index (χ1v) is 9.67. The molecule has 0 radical (unpaired) electrons. The molecular weight excluding hydrogens is 394 g/mol. The van der Waals surface area contributed by atoms with Gasteiger partial charge in [0.25, 0.3) is 5.91 Å². The molecule has 29 heavy (non-hydrogen) atoms. The number of methoxy groups -OCH3 is 2. The Kier molecular flexibility index (Phi) is 6.95. The van der Waals surface area contributed by atoms with Crippen LogP contribution in [-0.4, -0.2) is 68.6 Å². The summed E-state index contributed by atoms with van der Waals surface area (Å²) in [5, 5.41) is 3.32. The van der Waals surface area contributed by atoms with Crippen molar-refractivity contribution < 1.29 is 19.1 Å². The van der Waals surface area contributed by atoms with Crippen molar-refractivity contribution in [1.29, 1.82) is 0 Å². The van der Waals surface area contributed by atoms with Crippen LogP contribution in [0.15, 0.2) is 42.5 Å². The summed E-state index contributed by atoms with van der Waals surface area (Å²) in [4.78, 5) is 28.8. The Balaban J connectivity index is 1.51. The van der Waals surface area contributed by atoms with Crippen LogP contribution < -0.4 is 14.8 Å². The third kappa shape index (κ3) is 5.19. The van der Waals surface area contributed by atoms with E-state index < -0.39 is 0 Å². The van der Waals surface area contributed by atoms with E-state index in [-0.39, 0.29) is 18.4 Å². The molecule has 2 amide bonds. The van der Waals surface area contributed by atoms with E-state index in [0.29, 0.717) is 54.0 Å². The number of halogens is 1. The second kappa shape index (κ2) is 9.62. The summed E-state index contributed by atoms with van der Waals surface area (Å²) >= 11 is 6.13. The quantitative estimate of drug-likeness (QED) is 0.782. The Morgan fingerprint density at radius 2 is 1.69 bits per heavy atom. The van der Waals surface area contributed by atoms with E-state index in [1.807, 2.05) is 4.90 Å². The van der Waals surface area contributed by atoms with Gasteiger partial charge in [0.2, 0.25) is 5.91 Å². The zero-order valence-corrected chi connectivity index (χ0v) is 17.2. The van der Waals surface area contributed by atoms with Crippen LogP contribution in [-0.2, 0) is 4.79 Å². The van der Waals surface area contributed by atoms with Gasteiger partial charge in [0.15, 0.2) is 11.5 Å². The SMILES string of the molecule is COc1ccc(NC(=O)CN2CCN(C(=O)c3ccccc3Cl)CC2)cc1OC. The fourth-order valence-corrected chi connectivity index (χ4v) is 3.45. The number of anilines is 1. The number of nitrogens with one attached hydrogen (secondary N) is 1. The Bertz CT molecular complexity index is 882. The first-order valence-electron chi connectivity index (χ1n) is 9.30. The lowest BCUT2D eigenvalue weighted by Crippen LogP contribution is -2.50. The van der Waals surface area contributed by atoms with Crippen molar-refractivity contribution in [3.05, 3.63) is 53.1 Å². The van der Waals surface area contributed by atoms with E-state index >= 15 is 0 Å². The van der Waals surface area contributed by atoms with E-state index in [0.717, 1.165) is 0 Å². The summed E-state index contributed by atoms with van der Waals surface area (Å²) in [6.07, 6.45) is 0. The van der Waals surface area contributed by atoms with Crippen LogP contribution >= 0.6 is 11.6 Å². The predicted octanol–water partition coefficient (Wildman–Crippen LogP) is 2.75. The van der Waals surface area contributed by atoms with Gasteiger partial charge in [-0.3, -0.25) is 14.5 Å². The van der Waals surface area contributed by atoms with E-state index in [2.05, 4.69) is 5.32 Å². The Labute approximate surface area is 175 Å². The van der Waals surface area contributed by atoms with Gasteiger partial charge >= 0.3 is 0 Å². The predicted molar refractivity (Wildman–Crippen MR) is 112 cm³/mol. The average molecular weight is 418 g/mol. The molecule has 2 aromatic carbocycles. The summed E-state index contributed by atoms with van der Waals surface area (Å²) in [6.45, 7) is 2.59.